The van der Waals surface area contributed by atoms with E-state index in [0.717, 1.165) is 5.56 Å². The molecule has 0 saturated heterocycles. The van der Waals surface area contributed by atoms with Crippen LogP contribution in [0.3, 0.4) is 0 Å². The Morgan fingerprint density at radius 2 is 2.05 bits per heavy atom. The van der Waals surface area contributed by atoms with E-state index < -0.39 is 11.4 Å². The first kappa shape index (κ1) is 16.4. The fourth-order valence-corrected chi connectivity index (χ4v) is 2.06. The normalized spacial score (nSPS) is 10.8. The summed E-state index contributed by atoms with van der Waals surface area (Å²) in [6.07, 6.45) is 1.66. The first-order chi connectivity index (χ1) is 9.26. The van der Waals surface area contributed by atoms with Gasteiger partial charge in [0.1, 0.15) is 5.82 Å². The average Bonchev–Trinajstić information content (AvgIpc) is 2.39. The molecule has 0 radical (unpaired) electrons. The predicted molar refractivity (Wildman–Crippen MR) is 81.5 cm³/mol. The van der Waals surface area contributed by atoms with Gasteiger partial charge in [-0.25, -0.2) is 9.78 Å². The van der Waals surface area contributed by atoms with Crippen molar-refractivity contribution in [1.82, 2.24) is 15.6 Å². The molecule has 0 unspecified atom stereocenters. The summed E-state index contributed by atoms with van der Waals surface area (Å²) in [5, 5.41) is 7.85. The highest BCUT2D eigenvalue weighted by molar-refractivity contribution is 9.10. The summed E-state index contributed by atoms with van der Waals surface area (Å²) >= 11 is 3.33. The highest BCUT2D eigenvalue weighted by atomic mass is 79.9. The van der Waals surface area contributed by atoms with Crippen LogP contribution in [-0.4, -0.2) is 30.5 Å². The van der Waals surface area contributed by atoms with Gasteiger partial charge in [0.25, 0.3) is 0 Å². The van der Waals surface area contributed by atoms with Crippen molar-refractivity contribution in [2.75, 3.05) is 18.9 Å². The van der Waals surface area contributed by atoms with Gasteiger partial charge in [0, 0.05) is 19.8 Å². The number of aromatic nitrogens is 1. The number of rotatable bonds is 4. The Balaban J connectivity index is 2.58. The molecule has 7 heteroatoms. The Hall–Kier alpha value is -1.63. The van der Waals surface area contributed by atoms with E-state index >= 15 is 0 Å². The molecule has 0 aliphatic rings. The number of hydrogen-bond acceptors (Lipinski definition) is 3. The van der Waals surface area contributed by atoms with E-state index in [1.165, 1.54) is 0 Å². The summed E-state index contributed by atoms with van der Waals surface area (Å²) in [7, 11) is 1.57. The zero-order valence-corrected chi connectivity index (χ0v) is 13.6. The molecule has 1 rings (SSSR count). The minimum absolute atomic E-state index is 0.132. The quantitative estimate of drug-likeness (QED) is 0.782. The van der Waals surface area contributed by atoms with Crippen molar-refractivity contribution in [3.63, 3.8) is 0 Å². The van der Waals surface area contributed by atoms with Crippen molar-refractivity contribution in [3.8, 4) is 0 Å². The summed E-state index contributed by atoms with van der Waals surface area (Å²) in [6, 6.07) is 1.45. The molecule has 1 heterocycles. The number of nitrogens with zero attached hydrogens (tertiary/aromatic N) is 1. The third-order valence-electron chi connectivity index (χ3n) is 2.74. The lowest BCUT2D eigenvalue weighted by Crippen LogP contribution is -2.44. The van der Waals surface area contributed by atoms with Gasteiger partial charge in [-0.3, -0.25) is 10.1 Å². The van der Waals surface area contributed by atoms with Crippen LogP contribution in [0.5, 0.6) is 0 Å². The number of aryl methyl sites for hydroxylation is 1. The summed E-state index contributed by atoms with van der Waals surface area (Å²) in [4.78, 5) is 27.5. The van der Waals surface area contributed by atoms with E-state index in [9.17, 15) is 9.59 Å². The van der Waals surface area contributed by atoms with Crippen molar-refractivity contribution in [3.05, 3.63) is 22.3 Å². The SMILES string of the molecule is CNC(=O)C(C)(C)CNC(=O)Nc1ncc(C)cc1Br. The minimum Gasteiger partial charge on any atom is -0.359 e. The molecule has 6 nitrogen and oxygen atoms in total. The Labute approximate surface area is 126 Å². The molecule has 20 heavy (non-hydrogen) atoms. The van der Waals surface area contributed by atoms with E-state index in [2.05, 4.69) is 36.9 Å². The Bertz CT molecular complexity index is 517. The van der Waals surface area contributed by atoms with Crippen molar-refractivity contribution >= 4 is 33.7 Å². The molecule has 3 N–H and O–H groups in total. The molecular weight excluding hydrogens is 324 g/mol. The molecule has 0 atom stereocenters. The number of carbonyl (C=O) groups is 2. The number of pyridine rings is 1. The Kier molecular flexibility index (Phi) is 5.50. The summed E-state index contributed by atoms with van der Waals surface area (Å²) < 4.78 is 0.707. The second-order valence-electron chi connectivity index (χ2n) is 5.11. The molecule has 0 bridgehead atoms. The molecule has 0 aliphatic carbocycles. The van der Waals surface area contributed by atoms with E-state index in [1.54, 1.807) is 27.1 Å². The maximum atomic E-state index is 11.8. The largest absolute Gasteiger partial charge is 0.359 e. The van der Waals surface area contributed by atoms with Gasteiger partial charge in [-0.15, -0.1) is 0 Å². The Morgan fingerprint density at radius 3 is 2.60 bits per heavy atom. The molecule has 0 aromatic carbocycles. The molecule has 0 aliphatic heterocycles. The van der Waals surface area contributed by atoms with Gasteiger partial charge in [0.2, 0.25) is 5.91 Å². The molecule has 110 valence electrons. The van der Waals surface area contributed by atoms with Crippen LogP contribution in [-0.2, 0) is 4.79 Å². The molecule has 0 spiro atoms. The van der Waals surface area contributed by atoms with E-state index in [4.69, 9.17) is 0 Å². The van der Waals surface area contributed by atoms with Gasteiger partial charge < -0.3 is 10.6 Å². The number of urea groups is 1. The van der Waals surface area contributed by atoms with Crippen LogP contribution < -0.4 is 16.0 Å². The lowest BCUT2D eigenvalue weighted by atomic mass is 9.92. The first-order valence-electron chi connectivity index (χ1n) is 6.15. The van der Waals surface area contributed by atoms with Crippen LogP contribution in [0.1, 0.15) is 19.4 Å². The molecule has 0 fully saturated rings. The fourth-order valence-electron chi connectivity index (χ4n) is 1.50. The number of nitrogens with one attached hydrogen (secondary N) is 3. The van der Waals surface area contributed by atoms with Crippen LogP contribution in [0.15, 0.2) is 16.7 Å². The van der Waals surface area contributed by atoms with Gasteiger partial charge in [-0.05, 0) is 48.3 Å². The van der Waals surface area contributed by atoms with Crippen LogP contribution in [0.25, 0.3) is 0 Å². The maximum Gasteiger partial charge on any atom is 0.320 e. The van der Waals surface area contributed by atoms with Crippen molar-refractivity contribution in [1.29, 1.82) is 0 Å². The van der Waals surface area contributed by atoms with E-state index in [1.807, 2.05) is 13.0 Å². The highest BCUT2D eigenvalue weighted by Gasteiger charge is 2.27. The van der Waals surface area contributed by atoms with Gasteiger partial charge in [0.15, 0.2) is 0 Å². The monoisotopic (exact) mass is 342 g/mol. The second-order valence-corrected chi connectivity index (χ2v) is 5.97. The first-order valence-corrected chi connectivity index (χ1v) is 6.95. The smallest absolute Gasteiger partial charge is 0.320 e. The zero-order valence-electron chi connectivity index (χ0n) is 12.0. The highest BCUT2D eigenvalue weighted by Crippen LogP contribution is 2.20. The lowest BCUT2D eigenvalue weighted by Gasteiger charge is -2.22. The second kappa shape index (κ2) is 6.69. The molecule has 0 saturated carbocycles. The lowest BCUT2D eigenvalue weighted by molar-refractivity contribution is -0.128. The van der Waals surface area contributed by atoms with Crippen LogP contribution >= 0.6 is 15.9 Å². The van der Waals surface area contributed by atoms with Gasteiger partial charge in [0.05, 0.1) is 9.89 Å². The summed E-state index contributed by atoms with van der Waals surface area (Å²) in [5.41, 5.74) is 0.313. The van der Waals surface area contributed by atoms with E-state index in [0.29, 0.717) is 10.3 Å². The van der Waals surface area contributed by atoms with Crippen LogP contribution in [0.4, 0.5) is 10.6 Å². The number of anilines is 1. The number of hydrogen-bond donors (Lipinski definition) is 3. The predicted octanol–water partition coefficient (Wildman–Crippen LogP) is 2.05. The van der Waals surface area contributed by atoms with E-state index in [-0.39, 0.29) is 12.5 Å². The Morgan fingerprint density at radius 1 is 1.40 bits per heavy atom. The van der Waals surface area contributed by atoms with Crippen LogP contribution in [0, 0.1) is 12.3 Å². The maximum absolute atomic E-state index is 11.8. The zero-order chi connectivity index (χ0) is 15.3. The average molecular weight is 343 g/mol. The molecule has 1 aromatic rings. The topological polar surface area (TPSA) is 83.1 Å². The standard InChI is InChI=1S/C13H19BrN4O2/c1-8-5-9(14)10(16-6-8)18-12(20)17-7-13(2,3)11(19)15-4/h5-6H,7H2,1-4H3,(H,15,19)(H2,16,17,18,20). The van der Waals surface area contributed by atoms with Crippen molar-refractivity contribution in [2.24, 2.45) is 5.41 Å². The summed E-state index contributed by atoms with van der Waals surface area (Å²) in [5.74, 6) is 0.304. The molecular formula is C13H19BrN4O2. The van der Waals surface area contributed by atoms with Crippen molar-refractivity contribution in [2.45, 2.75) is 20.8 Å². The molecule has 1 aromatic heterocycles. The third-order valence-corrected chi connectivity index (χ3v) is 3.35. The third kappa shape index (κ3) is 4.48. The van der Waals surface area contributed by atoms with Gasteiger partial charge >= 0.3 is 6.03 Å². The number of amides is 3. The summed E-state index contributed by atoms with van der Waals surface area (Å²) in [6.45, 7) is 5.65. The minimum atomic E-state index is -0.677. The van der Waals surface area contributed by atoms with Gasteiger partial charge in [-0.1, -0.05) is 0 Å². The molecule has 3 amide bonds. The fraction of sp³-hybridized carbons (Fsp3) is 0.462. The number of halogens is 1. The number of carbonyl (C=O) groups excluding carboxylic acids is 2. The van der Waals surface area contributed by atoms with Crippen molar-refractivity contribution < 1.29 is 9.59 Å². The van der Waals surface area contributed by atoms with Gasteiger partial charge in [-0.2, -0.15) is 0 Å². The van der Waals surface area contributed by atoms with Crippen LogP contribution in [0.2, 0.25) is 0 Å².